The van der Waals surface area contributed by atoms with Crippen molar-refractivity contribution < 1.29 is 8.42 Å². The lowest BCUT2D eigenvalue weighted by atomic mass is 10.1. The molecule has 4 nitrogen and oxygen atoms in total. The lowest BCUT2D eigenvalue weighted by Gasteiger charge is -2.11. The standard InChI is InChI=1S/C14H17ClN2O2S2/c1-2-10-3-4-11(16)9-13(10)21(18,19)17-8-7-12-5-6-14(15)20-12/h3-6,9,17H,2,7-8,16H2,1H3. The van der Waals surface area contributed by atoms with E-state index in [2.05, 4.69) is 4.72 Å². The summed E-state index contributed by atoms with van der Waals surface area (Å²) in [4.78, 5) is 1.31. The van der Waals surface area contributed by atoms with Gasteiger partial charge < -0.3 is 5.73 Å². The van der Waals surface area contributed by atoms with Crippen LogP contribution in [0.1, 0.15) is 17.4 Å². The molecule has 1 heterocycles. The summed E-state index contributed by atoms with van der Waals surface area (Å²) in [6.07, 6.45) is 1.25. The number of hydrogen-bond acceptors (Lipinski definition) is 4. The van der Waals surface area contributed by atoms with Crippen LogP contribution in [0.2, 0.25) is 4.34 Å². The third-order valence-corrected chi connectivity index (χ3v) is 5.89. The van der Waals surface area contributed by atoms with Gasteiger partial charge in [-0.2, -0.15) is 0 Å². The summed E-state index contributed by atoms with van der Waals surface area (Å²) in [6, 6.07) is 8.68. The Balaban J connectivity index is 2.09. The van der Waals surface area contributed by atoms with Gasteiger partial charge in [0.1, 0.15) is 0 Å². The van der Waals surface area contributed by atoms with Crippen LogP contribution in [0.15, 0.2) is 35.2 Å². The first-order chi connectivity index (χ1) is 9.92. The van der Waals surface area contributed by atoms with E-state index in [9.17, 15) is 8.42 Å². The van der Waals surface area contributed by atoms with Crippen molar-refractivity contribution in [2.45, 2.75) is 24.7 Å². The summed E-state index contributed by atoms with van der Waals surface area (Å²) in [6.45, 7) is 2.25. The normalized spacial score (nSPS) is 11.7. The molecule has 0 aliphatic carbocycles. The predicted octanol–water partition coefficient (Wildman–Crippen LogP) is 3.07. The third-order valence-electron chi connectivity index (χ3n) is 3.05. The average molecular weight is 345 g/mol. The van der Waals surface area contributed by atoms with Crippen molar-refractivity contribution in [3.63, 3.8) is 0 Å². The lowest BCUT2D eigenvalue weighted by Crippen LogP contribution is -2.26. The first kappa shape index (κ1) is 16.3. The van der Waals surface area contributed by atoms with E-state index in [4.69, 9.17) is 17.3 Å². The van der Waals surface area contributed by atoms with Crippen LogP contribution >= 0.6 is 22.9 Å². The van der Waals surface area contributed by atoms with Gasteiger partial charge in [-0.05, 0) is 42.7 Å². The Hall–Kier alpha value is -1.08. The van der Waals surface area contributed by atoms with E-state index in [1.165, 1.54) is 17.4 Å². The molecule has 0 amide bonds. The van der Waals surface area contributed by atoms with Crippen molar-refractivity contribution in [2.75, 3.05) is 12.3 Å². The molecular formula is C14H17ClN2O2S2. The van der Waals surface area contributed by atoms with Crippen LogP contribution in [0, 0.1) is 0 Å². The molecule has 0 fully saturated rings. The van der Waals surface area contributed by atoms with Crippen molar-refractivity contribution in [1.29, 1.82) is 0 Å². The van der Waals surface area contributed by atoms with Gasteiger partial charge in [0.2, 0.25) is 10.0 Å². The molecule has 3 N–H and O–H groups in total. The molecule has 1 aromatic carbocycles. The zero-order valence-corrected chi connectivity index (χ0v) is 14.0. The minimum atomic E-state index is -3.55. The zero-order chi connectivity index (χ0) is 15.5. The molecule has 0 bridgehead atoms. The highest BCUT2D eigenvalue weighted by molar-refractivity contribution is 7.89. The fourth-order valence-corrected chi connectivity index (χ4v) is 4.45. The second-order valence-electron chi connectivity index (χ2n) is 4.57. The Bertz CT molecular complexity index is 726. The number of halogens is 1. The van der Waals surface area contributed by atoms with E-state index in [1.54, 1.807) is 12.1 Å². The van der Waals surface area contributed by atoms with Crippen molar-refractivity contribution in [3.05, 3.63) is 45.1 Å². The van der Waals surface area contributed by atoms with E-state index >= 15 is 0 Å². The first-order valence-corrected chi connectivity index (χ1v) is 9.22. The summed E-state index contributed by atoms with van der Waals surface area (Å²) < 4.78 is 28.1. The molecule has 2 rings (SSSR count). The molecule has 0 aliphatic rings. The Morgan fingerprint density at radius 1 is 1.29 bits per heavy atom. The maximum atomic E-state index is 12.4. The smallest absolute Gasteiger partial charge is 0.240 e. The molecule has 0 saturated carbocycles. The van der Waals surface area contributed by atoms with Crippen LogP contribution < -0.4 is 10.5 Å². The number of rotatable bonds is 6. The minimum Gasteiger partial charge on any atom is -0.399 e. The predicted molar refractivity (Wildman–Crippen MR) is 88.5 cm³/mol. The van der Waals surface area contributed by atoms with Crippen LogP contribution in [0.25, 0.3) is 0 Å². The van der Waals surface area contributed by atoms with Gasteiger partial charge in [0, 0.05) is 17.1 Å². The molecular weight excluding hydrogens is 328 g/mol. The zero-order valence-electron chi connectivity index (χ0n) is 11.6. The van der Waals surface area contributed by atoms with E-state index in [0.29, 0.717) is 29.4 Å². The van der Waals surface area contributed by atoms with Crippen molar-refractivity contribution in [1.82, 2.24) is 4.72 Å². The maximum absolute atomic E-state index is 12.4. The summed E-state index contributed by atoms with van der Waals surface area (Å²) in [5.74, 6) is 0. The minimum absolute atomic E-state index is 0.259. The van der Waals surface area contributed by atoms with Gasteiger partial charge in [0.25, 0.3) is 0 Å². The molecule has 0 atom stereocenters. The molecule has 0 unspecified atom stereocenters. The van der Waals surface area contributed by atoms with Crippen molar-refractivity contribution >= 4 is 38.6 Å². The molecule has 1 aromatic heterocycles. The molecule has 7 heteroatoms. The summed E-state index contributed by atoms with van der Waals surface area (Å²) in [5, 5.41) is 0. The van der Waals surface area contributed by atoms with Gasteiger partial charge in [0.05, 0.1) is 9.23 Å². The van der Waals surface area contributed by atoms with E-state index in [-0.39, 0.29) is 4.90 Å². The highest BCUT2D eigenvalue weighted by Gasteiger charge is 2.17. The van der Waals surface area contributed by atoms with E-state index in [1.807, 2.05) is 19.1 Å². The Labute approximate surface area is 134 Å². The number of nitrogen functional groups attached to an aromatic ring is 1. The summed E-state index contributed by atoms with van der Waals surface area (Å²) >= 11 is 7.30. The van der Waals surface area contributed by atoms with Crippen LogP contribution in [0.3, 0.4) is 0 Å². The molecule has 0 radical (unpaired) electrons. The van der Waals surface area contributed by atoms with Crippen molar-refractivity contribution in [3.8, 4) is 0 Å². The van der Waals surface area contributed by atoms with Crippen LogP contribution in [-0.4, -0.2) is 15.0 Å². The molecule has 0 saturated heterocycles. The Morgan fingerprint density at radius 3 is 2.67 bits per heavy atom. The Morgan fingerprint density at radius 2 is 2.05 bits per heavy atom. The fraction of sp³-hybridized carbons (Fsp3) is 0.286. The molecule has 114 valence electrons. The average Bonchev–Trinajstić information content (AvgIpc) is 2.84. The van der Waals surface area contributed by atoms with Gasteiger partial charge in [-0.3, -0.25) is 0 Å². The van der Waals surface area contributed by atoms with Crippen LogP contribution in [-0.2, 0) is 22.9 Å². The monoisotopic (exact) mass is 344 g/mol. The van der Waals surface area contributed by atoms with E-state index in [0.717, 1.165) is 10.4 Å². The number of hydrogen-bond donors (Lipinski definition) is 2. The SMILES string of the molecule is CCc1ccc(N)cc1S(=O)(=O)NCCc1ccc(Cl)s1. The Kier molecular flexibility index (Phi) is 5.27. The van der Waals surface area contributed by atoms with Gasteiger partial charge in [-0.1, -0.05) is 24.6 Å². The number of aryl methyl sites for hydroxylation is 1. The highest BCUT2D eigenvalue weighted by atomic mass is 35.5. The number of benzene rings is 1. The number of nitrogens with one attached hydrogen (secondary N) is 1. The quantitative estimate of drug-likeness (QED) is 0.791. The fourth-order valence-electron chi connectivity index (χ4n) is 1.99. The number of thiophene rings is 1. The largest absolute Gasteiger partial charge is 0.399 e. The first-order valence-electron chi connectivity index (χ1n) is 6.54. The van der Waals surface area contributed by atoms with Gasteiger partial charge in [-0.25, -0.2) is 13.1 Å². The maximum Gasteiger partial charge on any atom is 0.240 e. The third kappa shape index (κ3) is 4.20. The summed E-state index contributed by atoms with van der Waals surface area (Å²) in [7, 11) is -3.55. The van der Waals surface area contributed by atoms with E-state index < -0.39 is 10.0 Å². The lowest BCUT2D eigenvalue weighted by molar-refractivity contribution is 0.581. The van der Waals surface area contributed by atoms with Crippen LogP contribution in [0.4, 0.5) is 5.69 Å². The highest BCUT2D eigenvalue weighted by Crippen LogP contribution is 2.22. The summed E-state index contributed by atoms with van der Waals surface area (Å²) in [5.41, 5.74) is 6.90. The number of anilines is 1. The van der Waals surface area contributed by atoms with Gasteiger partial charge >= 0.3 is 0 Å². The molecule has 21 heavy (non-hydrogen) atoms. The molecule has 0 aliphatic heterocycles. The number of sulfonamides is 1. The second-order valence-corrected chi connectivity index (χ2v) is 8.11. The van der Waals surface area contributed by atoms with Crippen molar-refractivity contribution in [2.24, 2.45) is 0 Å². The number of nitrogens with two attached hydrogens (primary N) is 1. The van der Waals surface area contributed by atoms with Gasteiger partial charge in [-0.15, -0.1) is 11.3 Å². The molecule has 2 aromatic rings. The van der Waals surface area contributed by atoms with Crippen LogP contribution in [0.5, 0.6) is 0 Å². The van der Waals surface area contributed by atoms with Gasteiger partial charge in [0.15, 0.2) is 0 Å². The molecule has 0 spiro atoms. The topological polar surface area (TPSA) is 72.2 Å². The second kappa shape index (κ2) is 6.79.